The lowest BCUT2D eigenvalue weighted by Gasteiger charge is -2.04. The molecule has 0 saturated carbocycles. The zero-order valence-corrected chi connectivity index (χ0v) is 13.9. The fourth-order valence-electron chi connectivity index (χ4n) is 2.21. The van der Waals surface area contributed by atoms with E-state index in [2.05, 4.69) is 10.1 Å². The van der Waals surface area contributed by atoms with E-state index in [1.807, 2.05) is 57.2 Å². The van der Waals surface area contributed by atoms with Crippen molar-refractivity contribution in [2.45, 2.75) is 27.4 Å². The quantitative estimate of drug-likeness (QED) is 0.679. The molecule has 1 heterocycles. The molecule has 3 aromatic rings. The lowest BCUT2D eigenvalue weighted by atomic mass is 10.1. The van der Waals surface area contributed by atoms with E-state index < -0.39 is 5.97 Å². The Morgan fingerprint density at radius 3 is 2.50 bits per heavy atom. The summed E-state index contributed by atoms with van der Waals surface area (Å²) in [6.45, 7) is 5.91. The third-order valence-corrected chi connectivity index (χ3v) is 3.85. The second-order valence-electron chi connectivity index (χ2n) is 5.75. The lowest BCUT2D eigenvalue weighted by Crippen LogP contribution is -2.06. The highest BCUT2D eigenvalue weighted by Crippen LogP contribution is 2.17. The normalized spacial score (nSPS) is 10.6. The van der Waals surface area contributed by atoms with E-state index in [0.29, 0.717) is 11.4 Å². The SMILES string of the molecule is Cc1ccc(-c2noc(COC(=O)c3ccc(C)c(C)c3)n2)cc1. The Balaban J connectivity index is 1.65. The maximum Gasteiger partial charge on any atom is 0.338 e. The Kier molecular flexibility index (Phi) is 4.42. The van der Waals surface area contributed by atoms with Crippen LogP contribution < -0.4 is 0 Å². The van der Waals surface area contributed by atoms with Crippen molar-refractivity contribution in [2.24, 2.45) is 0 Å². The maximum atomic E-state index is 12.1. The van der Waals surface area contributed by atoms with Gasteiger partial charge in [-0.25, -0.2) is 4.79 Å². The van der Waals surface area contributed by atoms with E-state index in [1.54, 1.807) is 6.07 Å². The van der Waals surface area contributed by atoms with Gasteiger partial charge in [-0.15, -0.1) is 0 Å². The number of benzene rings is 2. The average Bonchev–Trinajstić information content (AvgIpc) is 3.05. The molecule has 0 radical (unpaired) electrons. The molecule has 0 amide bonds. The minimum atomic E-state index is -0.409. The molecule has 24 heavy (non-hydrogen) atoms. The summed E-state index contributed by atoms with van der Waals surface area (Å²) in [6.07, 6.45) is 0. The van der Waals surface area contributed by atoms with Crippen LogP contribution in [0.2, 0.25) is 0 Å². The van der Waals surface area contributed by atoms with E-state index >= 15 is 0 Å². The first-order valence-corrected chi connectivity index (χ1v) is 7.67. The zero-order valence-electron chi connectivity index (χ0n) is 13.9. The fourth-order valence-corrected chi connectivity index (χ4v) is 2.21. The van der Waals surface area contributed by atoms with Gasteiger partial charge in [-0.1, -0.05) is 41.1 Å². The van der Waals surface area contributed by atoms with Crippen LogP contribution >= 0.6 is 0 Å². The highest BCUT2D eigenvalue weighted by Gasteiger charge is 2.13. The van der Waals surface area contributed by atoms with Crippen LogP contribution in [0.5, 0.6) is 0 Å². The second kappa shape index (κ2) is 6.66. The van der Waals surface area contributed by atoms with Gasteiger partial charge in [0, 0.05) is 5.56 Å². The topological polar surface area (TPSA) is 65.2 Å². The lowest BCUT2D eigenvalue weighted by molar-refractivity contribution is 0.0429. The number of nitrogens with zero attached hydrogens (tertiary/aromatic N) is 2. The van der Waals surface area contributed by atoms with Gasteiger partial charge in [-0.2, -0.15) is 4.98 Å². The molecule has 0 fully saturated rings. The predicted octanol–water partition coefficient (Wildman–Crippen LogP) is 4.02. The number of hydrogen-bond acceptors (Lipinski definition) is 5. The van der Waals surface area contributed by atoms with E-state index in [9.17, 15) is 4.79 Å². The van der Waals surface area contributed by atoms with Crippen LogP contribution in [0.1, 0.15) is 32.9 Å². The number of rotatable bonds is 4. The molecule has 0 N–H and O–H groups in total. The molecule has 2 aromatic carbocycles. The van der Waals surface area contributed by atoms with Gasteiger partial charge in [0.1, 0.15) is 0 Å². The minimum Gasteiger partial charge on any atom is -0.452 e. The Bertz CT molecular complexity index is 867. The van der Waals surface area contributed by atoms with Crippen molar-refractivity contribution in [3.8, 4) is 11.4 Å². The molecule has 1 aromatic heterocycles. The first-order valence-electron chi connectivity index (χ1n) is 7.67. The summed E-state index contributed by atoms with van der Waals surface area (Å²) in [5.41, 5.74) is 4.70. The third kappa shape index (κ3) is 3.51. The van der Waals surface area contributed by atoms with Gasteiger partial charge in [0.05, 0.1) is 5.56 Å². The number of carbonyl (C=O) groups is 1. The summed E-state index contributed by atoms with van der Waals surface area (Å²) >= 11 is 0. The first kappa shape index (κ1) is 15.9. The van der Waals surface area contributed by atoms with Crippen molar-refractivity contribution in [2.75, 3.05) is 0 Å². The van der Waals surface area contributed by atoms with Gasteiger partial charge < -0.3 is 9.26 Å². The van der Waals surface area contributed by atoms with Crippen molar-refractivity contribution in [1.82, 2.24) is 10.1 Å². The summed E-state index contributed by atoms with van der Waals surface area (Å²) < 4.78 is 10.4. The second-order valence-corrected chi connectivity index (χ2v) is 5.75. The van der Waals surface area contributed by atoms with Crippen LogP contribution in [-0.4, -0.2) is 16.1 Å². The van der Waals surface area contributed by atoms with Gasteiger partial charge >= 0.3 is 5.97 Å². The van der Waals surface area contributed by atoms with Crippen molar-refractivity contribution >= 4 is 5.97 Å². The highest BCUT2D eigenvalue weighted by molar-refractivity contribution is 5.89. The van der Waals surface area contributed by atoms with Gasteiger partial charge in [0.2, 0.25) is 5.82 Å². The molecule has 0 aliphatic carbocycles. The molecular formula is C19H18N2O3. The molecule has 3 rings (SSSR count). The largest absolute Gasteiger partial charge is 0.452 e. The van der Waals surface area contributed by atoms with E-state index in [0.717, 1.165) is 22.3 Å². The highest BCUT2D eigenvalue weighted by atomic mass is 16.6. The van der Waals surface area contributed by atoms with Gasteiger partial charge in [-0.05, 0) is 44.0 Å². The zero-order chi connectivity index (χ0) is 17.1. The molecule has 5 nitrogen and oxygen atoms in total. The molecule has 0 aliphatic heterocycles. The van der Waals surface area contributed by atoms with Crippen LogP contribution in [0.3, 0.4) is 0 Å². The fraction of sp³-hybridized carbons (Fsp3) is 0.211. The van der Waals surface area contributed by atoms with Crippen molar-refractivity contribution < 1.29 is 14.1 Å². The molecule has 5 heteroatoms. The van der Waals surface area contributed by atoms with Crippen molar-refractivity contribution in [3.05, 3.63) is 70.6 Å². The number of hydrogen-bond donors (Lipinski definition) is 0. The molecule has 0 unspecified atom stereocenters. The van der Waals surface area contributed by atoms with Crippen LogP contribution in [0.15, 0.2) is 47.0 Å². The molecule has 0 saturated heterocycles. The summed E-state index contributed by atoms with van der Waals surface area (Å²) in [4.78, 5) is 16.3. The first-order chi connectivity index (χ1) is 11.5. The van der Waals surface area contributed by atoms with Crippen LogP contribution in [0.4, 0.5) is 0 Å². The van der Waals surface area contributed by atoms with Gasteiger partial charge in [0.25, 0.3) is 5.89 Å². The number of ether oxygens (including phenoxy) is 1. The molecule has 122 valence electrons. The van der Waals surface area contributed by atoms with Crippen molar-refractivity contribution in [3.63, 3.8) is 0 Å². The van der Waals surface area contributed by atoms with Crippen LogP contribution in [0.25, 0.3) is 11.4 Å². The Hall–Kier alpha value is -2.95. The number of carbonyl (C=O) groups excluding carboxylic acids is 1. The standard InChI is InChI=1S/C19H18N2O3/c1-12-4-7-15(8-5-12)18-20-17(24-21-18)11-23-19(22)16-9-6-13(2)14(3)10-16/h4-10H,11H2,1-3H3. The monoisotopic (exact) mass is 322 g/mol. The summed E-state index contributed by atoms with van der Waals surface area (Å²) in [7, 11) is 0. The van der Waals surface area contributed by atoms with Gasteiger partial charge in [0.15, 0.2) is 6.61 Å². The Labute approximate surface area is 140 Å². The van der Waals surface area contributed by atoms with Gasteiger partial charge in [-0.3, -0.25) is 0 Å². The number of aromatic nitrogens is 2. The Morgan fingerprint density at radius 2 is 1.79 bits per heavy atom. The number of esters is 1. The molecule has 0 spiro atoms. The molecule has 0 atom stereocenters. The third-order valence-electron chi connectivity index (χ3n) is 3.85. The van der Waals surface area contributed by atoms with Crippen LogP contribution in [0, 0.1) is 20.8 Å². The number of aryl methyl sites for hydroxylation is 3. The average molecular weight is 322 g/mol. The smallest absolute Gasteiger partial charge is 0.338 e. The summed E-state index contributed by atoms with van der Waals surface area (Å²) in [6, 6.07) is 13.2. The molecular weight excluding hydrogens is 304 g/mol. The maximum absolute atomic E-state index is 12.1. The van der Waals surface area contributed by atoms with Crippen molar-refractivity contribution in [1.29, 1.82) is 0 Å². The minimum absolute atomic E-state index is 0.0510. The molecule has 0 bridgehead atoms. The Morgan fingerprint density at radius 1 is 1.04 bits per heavy atom. The van der Waals surface area contributed by atoms with Crippen LogP contribution in [-0.2, 0) is 11.3 Å². The summed E-state index contributed by atoms with van der Waals surface area (Å²) in [5, 5.41) is 3.92. The predicted molar refractivity (Wildman–Crippen MR) is 89.5 cm³/mol. The van der Waals surface area contributed by atoms with E-state index in [1.165, 1.54) is 0 Å². The summed E-state index contributed by atoms with van der Waals surface area (Å²) in [5.74, 6) is 0.336. The van der Waals surface area contributed by atoms with E-state index in [-0.39, 0.29) is 12.5 Å². The van der Waals surface area contributed by atoms with E-state index in [4.69, 9.17) is 9.26 Å². The molecule has 0 aliphatic rings.